The summed E-state index contributed by atoms with van der Waals surface area (Å²) in [6.07, 6.45) is 2.33. The van der Waals surface area contributed by atoms with Crippen LogP contribution in [0.5, 0.6) is 0 Å². The van der Waals surface area contributed by atoms with Crippen molar-refractivity contribution in [1.82, 2.24) is 9.80 Å². The fraction of sp³-hybridized carbons (Fsp3) is 0.306. The van der Waals surface area contributed by atoms with Gasteiger partial charge in [-0.15, -0.1) is 0 Å². The molecule has 1 fully saturated rings. The standard InChI is InChI=1S/C36H35F2N3O4S/c1-21(2)31(42)26-20-41(19-25-27(37)10-7-11-28(25)38)34-29(32(26)43)30(40(3)18-22-8-5-4-6-9-22)33(46-34)23-12-14-24(15-13-23)39-35(44)36(45)16-17-36/h4-15,20-21,29,34,45H,16-19H2,1-3H3,(H,39,44). The third kappa shape index (κ3) is 6.11. The van der Waals surface area contributed by atoms with Crippen LogP contribution in [0, 0.1) is 23.5 Å². The molecule has 0 aromatic heterocycles. The van der Waals surface area contributed by atoms with E-state index in [1.807, 2.05) is 54.4 Å². The molecule has 2 heterocycles. The summed E-state index contributed by atoms with van der Waals surface area (Å²) in [4.78, 5) is 44.6. The van der Waals surface area contributed by atoms with E-state index < -0.39 is 40.4 Å². The Balaban J connectivity index is 1.42. The summed E-state index contributed by atoms with van der Waals surface area (Å²) in [5, 5.41) is 12.3. The quantitative estimate of drug-likeness (QED) is 0.258. The van der Waals surface area contributed by atoms with Gasteiger partial charge < -0.3 is 20.2 Å². The molecule has 1 amide bonds. The molecule has 3 aromatic rings. The average molecular weight is 644 g/mol. The predicted octanol–water partition coefficient (Wildman–Crippen LogP) is 6.11. The molecule has 2 N–H and O–H groups in total. The number of allylic oxidation sites excluding steroid dienone is 1. The molecule has 238 valence electrons. The Morgan fingerprint density at radius 1 is 1.02 bits per heavy atom. The molecule has 7 nitrogen and oxygen atoms in total. The van der Waals surface area contributed by atoms with E-state index in [1.54, 1.807) is 30.9 Å². The maximum atomic E-state index is 14.9. The first-order valence-electron chi connectivity index (χ1n) is 15.3. The lowest BCUT2D eigenvalue weighted by molar-refractivity contribution is -0.127. The number of fused-ring (bicyclic) bond motifs is 1. The second kappa shape index (κ2) is 12.5. The third-order valence-corrected chi connectivity index (χ3v) is 10.1. The topological polar surface area (TPSA) is 89.9 Å². The van der Waals surface area contributed by atoms with Crippen LogP contribution in [-0.4, -0.2) is 50.4 Å². The number of halogens is 2. The molecule has 0 spiro atoms. The van der Waals surface area contributed by atoms with Crippen molar-refractivity contribution < 1.29 is 28.3 Å². The van der Waals surface area contributed by atoms with Gasteiger partial charge in [-0.2, -0.15) is 0 Å². The molecule has 0 radical (unpaired) electrons. The van der Waals surface area contributed by atoms with E-state index in [0.717, 1.165) is 16.0 Å². The van der Waals surface area contributed by atoms with E-state index in [2.05, 4.69) is 5.32 Å². The summed E-state index contributed by atoms with van der Waals surface area (Å²) in [5.74, 6) is -3.77. The van der Waals surface area contributed by atoms with E-state index in [1.165, 1.54) is 36.2 Å². The molecule has 46 heavy (non-hydrogen) atoms. The van der Waals surface area contributed by atoms with Gasteiger partial charge in [0.25, 0.3) is 5.91 Å². The molecule has 2 unspecified atom stereocenters. The lowest BCUT2D eigenvalue weighted by atomic mass is 9.85. The van der Waals surface area contributed by atoms with Gasteiger partial charge in [-0.1, -0.05) is 74.1 Å². The van der Waals surface area contributed by atoms with Crippen LogP contribution < -0.4 is 5.32 Å². The molecule has 0 bridgehead atoms. The molecule has 1 saturated carbocycles. The van der Waals surface area contributed by atoms with Gasteiger partial charge in [-0.3, -0.25) is 14.4 Å². The molecule has 2 atom stereocenters. The molecule has 0 saturated heterocycles. The predicted molar refractivity (Wildman–Crippen MR) is 174 cm³/mol. The number of Topliss-reactive ketones (excluding diaryl/α,β-unsaturated/α-hetero) is 2. The van der Waals surface area contributed by atoms with Crippen molar-refractivity contribution in [3.05, 3.63) is 119 Å². The Morgan fingerprint density at radius 3 is 2.28 bits per heavy atom. The summed E-state index contributed by atoms with van der Waals surface area (Å²) >= 11 is 1.41. The Hall–Kier alpha value is -4.28. The highest BCUT2D eigenvalue weighted by Gasteiger charge is 2.50. The first kappa shape index (κ1) is 31.7. The van der Waals surface area contributed by atoms with Crippen molar-refractivity contribution in [3.8, 4) is 0 Å². The first-order chi connectivity index (χ1) is 22.0. The number of carbonyl (C=O) groups excluding carboxylic acids is 3. The van der Waals surface area contributed by atoms with Gasteiger partial charge in [0.2, 0.25) is 0 Å². The van der Waals surface area contributed by atoms with Gasteiger partial charge in [0.15, 0.2) is 11.6 Å². The van der Waals surface area contributed by atoms with E-state index in [4.69, 9.17) is 0 Å². The van der Waals surface area contributed by atoms with Crippen molar-refractivity contribution in [3.63, 3.8) is 0 Å². The highest BCUT2D eigenvalue weighted by atomic mass is 32.2. The summed E-state index contributed by atoms with van der Waals surface area (Å²) in [6, 6.07) is 20.6. The Morgan fingerprint density at radius 2 is 1.67 bits per heavy atom. The fourth-order valence-corrected chi connectivity index (χ4v) is 7.45. The van der Waals surface area contributed by atoms with Crippen LogP contribution in [0.2, 0.25) is 0 Å². The molecule has 6 rings (SSSR count). The number of hydrogen-bond acceptors (Lipinski definition) is 7. The Labute approximate surface area is 271 Å². The SMILES string of the molecule is CC(C)C(=O)C1=CN(Cc2c(F)cccc2F)C2SC(c3ccc(NC(=O)C4(O)CC4)cc3)=C(N(C)Cc3ccccc3)C2C1=O. The Kier molecular flexibility index (Phi) is 8.60. The number of nitrogens with zero attached hydrogens (tertiary/aromatic N) is 2. The minimum absolute atomic E-state index is 0.0107. The van der Waals surface area contributed by atoms with Crippen LogP contribution in [0.4, 0.5) is 14.5 Å². The Bertz CT molecular complexity index is 1730. The number of amides is 1. The summed E-state index contributed by atoms with van der Waals surface area (Å²) in [5.41, 5.74) is 1.57. The monoisotopic (exact) mass is 643 g/mol. The molecular formula is C36H35F2N3O4S. The van der Waals surface area contributed by atoms with Gasteiger partial charge in [-0.05, 0) is 48.2 Å². The van der Waals surface area contributed by atoms with Crippen LogP contribution in [0.3, 0.4) is 0 Å². The second-order valence-corrected chi connectivity index (χ2v) is 13.5. The van der Waals surface area contributed by atoms with Crippen LogP contribution in [-0.2, 0) is 27.5 Å². The van der Waals surface area contributed by atoms with Crippen LogP contribution >= 0.6 is 11.8 Å². The maximum Gasteiger partial charge on any atom is 0.256 e. The summed E-state index contributed by atoms with van der Waals surface area (Å²) in [7, 11) is 1.90. The molecule has 3 aliphatic rings. The number of aliphatic hydroxyl groups is 1. The summed E-state index contributed by atoms with van der Waals surface area (Å²) < 4.78 is 29.8. The number of nitrogens with one attached hydrogen (secondary N) is 1. The fourth-order valence-electron chi connectivity index (χ4n) is 5.87. The van der Waals surface area contributed by atoms with E-state index in [9.17, 15) is 28.3 Å². The number of hydrogen-bond donors (Lipinski definition) is 2. The zero-order valence-corrected chi connectivity index (χ0v) is 26.6. The lowest BCUT2D eigenvalue weighted by Gasteiger charge is -2.38. The van der Waals surface area contributed by atoms with Gasteiger partial charge >= 0.3 is 0 Å². The lowest BCUT2D eigenvalue weighted by Crippen LogP contribution is -2.45. The largest absolute Gasteiger partial charge is 0.380 e. The summed E-state index contributed by atoms with van der Waals surface area (Å²) in [6.45, 7) is 3.74. The van der Waals surface area contributed by atoms with Gasteiger partial charge in [-0.25, -0.2) is 8.78 Å². The zero-order valence-electron chi connectivity index (χ0n) is 25.8. The van der Waals surface area contributed by atoms with Crippen LogP contribution in [0.25, 0.3) is 4.91 Å². The maximum absolute atomic E-state index is 14.9. The van der Waals surface area contributed by atoms with Crippen LogP contribution in [0.1, 0.15) is 43.4 Å². The van der Waals surface area contributed by atoms with Crippen LogP contribution in [0.15, 0.2) is 90.3 Å². The molecule has 3 aromatic carbocycles. The number of benzene rings is 3. The average Bonchev–Trinajstić information content (AvgIpc) is 3.66. The third-order valence-electron chi connectivity index (χ3n) is 8.64. The second-order valence-electron chi connectivity index (χ2n) is 12.4. The van der Waals surface area contributed by atoms with Crippen molar-refractivity contribution >= 4 is 39.8 Å². The van der Waals surface area contributed by atoms with Crippen molar-refractivity contribution in [2.75, 3.05) is 12.4 Å². The van der Waals surface area contributed by atoms with Crippen molar-refractivity contribution in [1.29, 1.82) is 0 Å². The number of thioether (sulfide) groups is 1. The van der Waals surface area contributed by atoms with Gasteiger partial charge in [0.1, 0.15) is 17.2 Å². The smallest absolute Gasteiger partial charge is 0.256 e. The number of carbonyl (C=O) groups is 3. The van der Waals surface area contributed by atoms with E-state index >= 15 is 0 Å². The molecular weight excluding hydrogens is 608 g/mol. The van der Waals surface area contributed by atoms with Crippen molar-refractivity contribution in [2.45, 2.75) is 50.8 Å². The van der Waals surface area contributed by atoms with E-state index in [0.29, 0.717) is 30.8 Å². The highest BCUT2D eigenvalue weighted by molar-refractivity contribution is 8.09. The number of rotatable bonds is 10. The van der Waals surface area contributed by atoms with Gasteiger partial charge in [0, 0.05) is 54.1 Å². The molecule has 10 heteroatoms. The molecule has 1 aliphatic carbocycles. The number of anilines is 1. The molecule has 2 aliphatic heterocycles. The number of ketones is 2. The zero-order chi connectivity index (χ0) is 32.7. The first-order valence-corrected chi connectivity index (χ1v) is 16.1. The van der Waals surface area contributed by atoms with Gasteiger partial charge in [0.05, 0.1) is 16.9 Å². The minimum atomic E-state index is -1.31. The normalized spacial score (nSPS) is 20.0. The highest BCUT2D eigenvalue weighted by Crippen LogP contribution is 2.53. The van der Waals surface area contributed by atoms with Crippen molar-refractivity contribution in [2.24, 2.45) is 11.8 Å². The minimum Gasteiger partial charge on any atom is -0.380 e. The van der Waals surface area contributed by atoms with E-state index in [-0.39, 0.29) is 29.2 Å².